The molecule has 2 nitrogen and oxygen atoms in total. The lowest BCUT2D eigenvalue weighted by molar-refractivity contribution is 0.827. The summed E-state index contributed by atoms with van der Waals surface area (Å²) in [5.74, 6) is 0.755. The van der Waals surface area contributed by atoms with Crippen LogP contribution in [0.4, 0.5) is 5.69 Å². The van der Waals surface area contributed by atoms with E-state index in [0.717, 1.165) is 23.2 Å². The summed E-state index contributed by atoms with van der Waals surface area (Å²) in [6.45, 7) is 7.15. The lowest BCUT2D eigenvalue weighted by atomic mass is 9.96. The molecule has 0 bridgehead atoms. The summed E-state index contributed by atoms with van der Waals surface area (Å²) < 4.78 is 0. The van der Waals surface area contributed by atoms with Crippen LogP contribution in [0.15, 0.2) is 6.07 Å². The number of hydrogen-bond acceptors (Lipinski definition) is 2. The first-order chi connectivity index (χ1) is 8.71. The minimum absolute atomic E-state index is 0.683. The van der Waals surface area contributed by atoms with Gasteiger partial charge in [0.15, 0.2) is 0 Å². The highest BCUT2D eigenvalue weighted by molar-refractivity contribution is 6.32. The van der Waals surface area contributed by atoms with Crippen LogP contribution in [0.3, 0.4) is 0 Å². The maximum Gasteiger partial charge on any atom is 0.0551 e. The maximum absolute atomic E-state index is 6.44. The molecule has 0 amide bonds. The molecule has 1 aromatic rings. The van der Waals surface area contributed by atoms with Gasteiger partial charge in [-0.3, -0.25) is 0 Å². The van der Waals surface area contributed by atoms with Gasteiger partial charge in [0.1, 0.15) is 0 Å². The van der Waals surface area contributed by atoms with E-state index in [1.807, 2.05) is 13.8 Å². The predicted molar refractivity (Wildman–Crippen MR) is 77.0 cm³/mol. The fraction of sp³-hybridized carbons (Fsp3) is 0.600. The summed E-state index contributed by atoms with van der Waals surface area (Å²) in [5.41, 5.74) is 12.4. The van der Waals surface area contributed by atoms with Crippen LogP contribution in [-0.4, -0.2) is 0 Å². The molecule has 1 unspecified atom stereocenters. The molecule has 2 N–H and O–H groups in total. The van der Waals surface area contributed by atoms with Gasteiger partial charge in [-0.2, -0.15) is 0 Å². The normalized spacial score (nSPS) is 25.0. The Morgan fingerprint density at radius 1 is 1.33 bits per heavy atom. The van der Waals surface area contributed by atoms with Crippen LogP contribution in [0.2, 0.25) is 5.02 Å². The van der Waals surface area contributed by atoms with Gasteiger partial charge in [-0.1, -0.05) is 25.4 Å². The number of benzene rings is 1. The third-order valence-corrected chi connectivity index (χ3v) is 4.94. The van der Waals surface area contributed by atoms with Crippen LogP contribution in [0.1, 0.15) is 55.7 Å². The molecule has 1 atom stereocenters. The van der Waals surface area contributed by atoms with Crippen molar-refractivity contribution in [3.05, 3.63) is 27.8 Å². The number of halogens is 1. The Morgan fingerprint density at radius 3 is 2.67 bits per heavy atom. The minimum Gasteiger partial charge on any atom is -0.321 e. The average Bonchev–Trinajstić information content (AvgIpc) is 3.24. The van der Waals surface area contributed by atoms with Gasteiger partial charge in [-0.15, -0.1) is 0 Å². The highest BCUT2D eigenvalue weighted by Crippen LogP contribution is 2.76. The van der Waals surface area contributed by atoms with Crippen molar-refractivity contribution in [1.29, 1.82) is 0 Å². The number of fused-ring (bicyclic) bond motifs is 1. The summed E-state index contributed by atoms with van der Waals surface area (Å²) >= 11 is 6.44. The van der Waals surface area contributed by atoms with Gasteiger partial charge in [-0.25, -0.2) is 5.43 Å². The predicted octanol–water partition coefficient (Wildman–Crippen LogP) is 4.37. The minimum atomic E-state index is 0.683. The molecule has 2 saturated carbocycles. The number of hydrogen-bond donors (Lipinski definition) is 2. The molecule has 0 radical (unpaired) electrons. The Hall–Kier alpha value is -0.730. The van der Waals surface area contributed by atoms with E-state index in [2.05, 4.69) is 23.8 Å². The summed E-state index contributed by atoms with van der Waals surface area (Å²) in [7, 11) is 0. The van der Waals surface area contributed by atoms with Crippen LogP contribution in [0, 0.1) is 12.3 Å². The van der Waals surface area contributed by atoms with E-state index < -0.39 is 0 Å². The van der Waals surface area contributed by atoms with E-state index in [9.17, 15) is 0 Å². The first kappa shape index (κ1) is 12.3. The second kappa shape index (κ2) is 4.14. The van der Waals surface area contributed by atoms with Crippen molar-refractivity contribution >= 4 is 17.3 Å². The molecule has 18 heavy (non-hydrogen) atoms. The highest BCUT2D eigenvalue weighted by Gasteiger charge is 2.63. The van der Waals surface area contributed by atoms with Crippen LogP contribution in [0.25, 0.3) is 0 Å². The number of anilines is 1. The van der Waals surface area contributed by atoms with Crippen LogP contribution >= 0.6 is 11.6 Å². The number of nitrogens with one attached hydrogen (secondary N) is 2. The lowest BCUT2D eigenvalue weighted by Crippen LogP contribution is -2.10. The summed E-state index contributed by atoms with van der Waals surface area (Å²) in [6.07, 6.45) is 4.20. The molecule has 2 fully saturated rings. The second-order valence-electron chi connectivity index (χ2n) is 5.52. The largest absolute Gasteiger partial charge is 0.321 e. The van der Waals surface area contributed by atoms with Crippen molar-refractivity contribution < 1.29 is 0 Å². The van der Waals surface area contributed by atoms with Crippen LogP contribution in [-0.2, 0) is 6.54 Å². The fourth-order valence-corrected chi connectivity index (χ4v) is 3.68. The Labute approximate surface area is 114 Å². The molecular formula is C15H21ClN2. The third-order valence-electron chi connectivity index (χ3n) is 4.63. The van der Waals surface area contributed by atoms with E-state index in [-0.39, 0.29) is 0 Å². The Morgan fingerprint density at radius 2 is 2.06 bits per heavy atom. The quantitative estimate of drug-likeness (QED) is 0.787. The molecule has 1 aliphatic heterocycles. The Kier molecular flexibility index (Phi) is 2.83. The van der Waals surface area contributed by atoms with E-state index in [4.69, 9.17) is 11.6 Å². The van der Waals surface area contributed by atoms with Gasteiger partial charge < -0.3 is 5.43 Å². The van der Waals surface area contributed by atoms with Gasteiger partial charge in [0.25, 0.3) is 0 Å². The summed E-state index contributed by atoms with van der Waals surface area (Å²) in [5, 5.41) is 0.959. The maximum atomic E-state index is 6.44. The molecule has 0 aromatic heterocycles. The monoisotopic (exact) mass is 264 g/mol. The Balaban J connectivity index is 0.000000478. The van der Waals surface area contributed by atoms with Gasteiger partial charge in [-0.05, 0) is 60.3 Å². The molecule has 1 heterocycles. The van der Waals surface area contributed by atoms with Crippen molar-refractivity contribution in [3.8, 4) is 0 Å². The highest BCUT2D eigenvalue weighted by atomic mass is 35.5. The molecule has 3 heteroatoms. The second-order valence-corrected chi connectivity index (χ2v) is 5.93. The number of rotatable bonds is 1. The standard InChI is InChI=1S/C13H15ClN2.C2H6/c1-7-8-6-15-16-11(8)4-10(14)12(7)9-5-13(9)2-3-13;1-2/h4,9,15-16H,2-3,5-6H2,1H3;1-2H3. The molecule has 0 saturated heterocycles. The van der Waals surface area contributed by atoms with Crippen LogP contribution in [0.5, 0.6) is 0 Å². The number of hydrazine groups is 1. The van der Waals surface area contributed by atoms with Crippen molar-refractivity contribution in [3.63, 3.8) is 0 Å². The first-order valence-electron chi connectivity index (χ1n) is 7.02. The van der Waals surface area contributed by atoms with Gasteiger partial charge >= 0.3 is 0 Å². The average molecular weight is 265 g/mol. The van der Waals surface area contributed by atoms with E-state index >= 15 is 0 Å². The van der Waals surface area contributed by atoms with E-state index in [0.29, 0.717) is 5.41 Å². The molecule has 3 aliphatic rings. The van der Waals surface area contributed by atoms with Crippen LogP contribution < -0.4 is 10.9 Å². The molecular weight excluding hydrogens is 244 g/mol. The zero-order valence-electron chi connectivity index (χ0n) is 11.4. The lowest BCUT2D eigenvalue weighted by Gasteiger charge is -2.12. The van der Waals surface area contributed by atoms with E-state index in [1.165, 1.54) is 36.0 Å². The smallest absolute Gasteiger partial charge is 0.0551 e. The molecule has 2 aliphatic carbocycles. The topological polar surface area (TPSA) is 24.1 Å². The SMILES string of the molecule is CC.Cc1c2c(cc(Cl)c1C1CC13CC3)NNC2. The van der Waals surface area contributed by atoms with Gasteiger partial charge in [0, 0.05) is 11.6 Å². The molecule has 4 rings (SSSR count). The van der Waals surface area contributed by atoms with E-state index in [1.54, 1.807) is 0 Å². The van der Waals surface area contributed by atoms with Crippen molar-refractivity contribution in [1.82, 2.24) is 5.43 Å². The first-order valence-corrected chi connectivity index (χ1v) is 7.40. The van der Waals surface area contributed by atoms with Gasteiger partial charge in [0.2, 0.25) is 0 Å². The molecule has 98 valence electrons. The zero-order valence-corrected chi connectivity index (χ0v) is 12.1. The van der Waals surface area contributed by atoms with Crippen molar-refractivity contribution in [2.24, 2.45) is 5.41 Å². The zero-order chi connectivity index (χ0) is 12.9. The van der Waals surface area contributed by atoms with Gasteiger partial charge in [0.05, 0.1) is 5.69 Å². The fourth-order valence-electron chi connectivity index (χ4n) is 3.30. The van der Waals surface area contributed by atoms with Crippen molar-refractivity contribution in [2.75, 3.05) is 5.43 Å². The summed E-state index contributed by atoms with van der Waals surface area (Å²) in [4.78, 5) is 0. The molecule has 1 aromatic carbocycles. The molecule has 1 spiro atoms. The third kappa shape index (κ3) is 1.66. The Bertz CT molecular complexity index is 492. The summed E-state index contributed by atoms with van der Waals surface area (Å²) in [6, 6.07) is 2.09. The van der Waals surface area contributed by atoms with Crippen molar-refractivity contribution in [2.45, 2.75) is 52.5 Å².